The average molecular weight is 291 g/mol. The predicted molar refractivity (Wildman–Crippen MR) is 64.1 cm³/mol. The average Bonchev–Trinajstić information content (AvgIpc) is 2.38. The summed E-state index contributed by atoms with van der Waals surface area (Å²) in [4.78, 5) is 27.3. The predicted octanol–water partition coefficient (Wildman–Crippen LogP) is 0.860. The van der Waals surface area contributed by atoms with E-state index in [0.717, 1.165) is 0 Å². The summed E-state index contributed by atoms with van der Waals surface area (Å²) in [5, 5.41) is 1.73. The smallest absolute Gasteiger partial charge is 0.471 e. The Labute approximate surface area is 111 Å². The van der Waals surface area contributed by atoms with E-state index >= 15 is 0 Å². The lowest BCUT2D eigenvalue weighted by molar-refractivity contribution is -0.173. The SMILES string of the molecule is COc1[nH]c(=O)ncc1/C=C/CCNC(=O)C(F)(F)F. The van der Waals surface area contributed by atoms with Gasteiger partial charge in [0.2, 0.25) is 5.88 Å². The summed E-state index contributed by atoms with van der Waals surface area (Å²) >= 11 is 0. The Morgan fingerprint density at radius 2 is 2.25 bits per heavy atom. The van der Waals surface area contributed by atoms with E-state index in [1.807, 2.05) is 0 Å². The summed E-state index contributed by atoms with van der Waals surface area (Å²) < 4.78 is 40.5. The summed E-state index contributed by atoms with van der Waals surface area (Å²) in [6.45, 7) is -0.159. The van der Waals surface area contributed by atoms with E-state index in [1.165, 1.54) is 25.5 Å². The van der Waals surface area contributed by atoms with Gasteiger partial charge >= 0.3 is 17.8 Å². The molecule has 20 heavy (non-hydrogen) atoms. The van der Waals surface area contributed by atoms with Gasteiger partial charge < -0.3 is 10.1 Å². The molecule has 1 rings (SSSR count). The molecule has 2 N–H and O–H groups in total. The number of H-pyrrole nitrogens is 1. The van der Waals surface area contributed by atoms with Crippen molar-refractivity contribution >= 4 is 12.0 Å². The second kappa shape index (κ2) is 6.73. The van der Waals surface area contributed by atoms with Crippen molar-refractivity contribution in [2.24, 2.45) is 0 Å². The standard InChI is InChI=1S/C11H12F3N3O3/c1-20-8-7(6-16-10(19)17-8)4-2-3-5-15-9(18)11(12,13)14/h2,4,6H,3,5H2,1H3,(H,15,18)(H,16,17,19)/b4-2+. The van der Waals surface area contributed by atoms with Crippen LogP contribution in [0.25, 0.3) is 6.08 Å². The van der Waals surface area contributed by atoms with Crippen molar-refractivity contribution in [1.29, 1.82) is 0 Å². The maximum atomic E-state index is 11.9. The van der Waals surface area contributed by atoms with Crippen LogP contribution in [0.3, 0.4) is 0 Å². The Bertz CT molecular complexity index is 552. The van der Waals surface area contributed by atoms with E-state index in [-0.39, 0.29) is 18.8 Å². The Balaban J connectivity index is 2.50. The van der Waals surface area contributed by atoms with Gasteiger partial charge in [0.25, 0.3) is 0 Å². The molecular weight excluding hydrogens is 279 g/mol. The van der Waals surface area contributed by atoms with Crippen LogP contribution < -0.4 is 15.7 Å². The lowest BCUT2D eigenvalue weighted by Gasteiger charge is -2.06. The molecule has 1 aromatic rings. The quantitative estimate of drug-likeness (QED) is 0.788. The third-order valence-corrected chi connectivity index (χ3v) is 2.16. The number of halogens is 3. The van der Waals surface area contributed by atoms with Gasteiger partial charge in [0.05, 0.1) is 12.7 Å². The second-order valence-electron chi connectivity index (χ2n) is 3.62. The van der Waals surface area contributed by atoms with Gasteiger partial charge in [-0.05, 0) is 6.42 Å². The van der Waals surface area contributed by atoms with Crippen molar-refractivity contribution in [3.05, 3.63) is 28.3 Å². The molecule has 1 aromatic heterocycles. The fourth-order valence-corrected chi connectivity index (χ4v) is 1.26. The van der Waals surface area contributed by atoms with Gasteiger partial charge in [0.15, 0.2) is 0 Å². The fourth-order valence-electron chi connectivity index (χ4n) is 1.26. The van der Waals surface area contributed by atoms with Crippen LogP contribution in [-0.2, 0) is 4.79 Å². The number of nitrogens with one attached hydrogen (secondary N) is 2. The first kappa shape index (κ1) is 15.7. The second-order valence-corrected chi connectivity index (χ2v) is 3.62. The summed E-state index contributed by atoms with van der Waals surface area (Å²) in [5.74, 6) is -1.78. The van der Waals surface area contributed by atoms with E-state index in [1.54, 1.807) is 5.32 Å². The van der Waals surface area contributed by atoms with Gasteiger partial charge in [-0.3, -0.25) is 9.78 Å². The van der Waals surface area contributed by atoms with Crippen LogP contribution in [-0.4, -0.2) is 35.7 Å². The van der Waals surface area contributed by atoms with Crippen molar-refractivity contribution in [1.82, 2.24) is 15.3 Å². The highest BCUT2D eigenvalue weighted by molar-refractivity contribution is 5.81. The number of carbonyl (C=O) groups is 1. The number of hydrogen-bond acceptors (Lipinski definition) is 4. The monoisotopic (exact) mass is 291 g/mol. The zero-order valence-electron chi connectivity index (χ0n) is 10.5. The summed E-state index contributed by atoms with van der Waals surface area (Å²) in [7, 11) is 1.35. The lowest BCUT2D eigenvalue weighted by atomic mass is 10.2. The summed E-state index contributed by atoms with van der Waals surface area (Å²) in [6, 6.07) is 0. The third-order valence-electron chi connectivity index (χ3n) is 2.16. The molecule has 9 heteroatoms. The van der Waals surface area contributed by atoms with Gasteiger partial charge in [-0.15, -0.1) is 0 Å². The number of amides is 1. The van der Waals surface area contributed by atoms with Crippen molar-refractivity contribution in [2.45, 2.75) is 12.6 Å². The largest absolute Gasteiger partial charge is 0.482 e. The van der Waals surface area contributed by atoms with Crippen molar-refractivity contribution in [3.63, 3.8) is 0 Å². The molecule has 0 saturated carbocycles. The first-order valence-electron chi connectivity index (χ1n) is 5.49. The van der Waals surface area contributed by atoms with Crippen molar-refractivity contribution in [3.8, 4) is 5.88 Å². The molecule has 0 aromatic carbocycles. The zero-order chi connectivity index (χ0) is 15.2. The van der Waals surface area contributed by atoms with Crippen LogP contribution in [0.1, 0.15) is 12.0 Å². The minimum absolute atomic E-state index is 0.159. The maximum absolute atomic E-state index is 11.9. The van der Waals surface area contributed by atoms with E-state index in [0.29, 0.717) is 5.56 Å². The minimum Gasteiger partial charge on any atom is -0.482 e. The van der Waals surface area contributed by atoms with Gasteiger partial charge in [0.1, 0.15) is 0 Å². The zero-order valence-corrected chi connectivity index (χ0v) is 10.5. The van der Waals surface area contributed by atoms with Gasteiger partial charge in [-0.2, -0.15) is 13.2 Å². The Hall–Kier alpha value is -2.32. The van der Waals surface area contributed by atoms with Crippen LogP contribution in [0.15, 0.2) is 17.1 Å². The molecule has 0 atom stereocenters. The van der Waals surface area contributed by atoms with Crippen LogP contribution in [0.5, 0.6) is 5.88 Å². The molecule has 0 radical (unpaired) electrons. The lowest BCUT2D eigenvalue weighted by Crippen LogP contribution is -2.37. The van der Waals surface area contributed by atoms with Crippen LogP contribution in [0, 0.1) is 0 Å². The van der Waals surface area contributed by atoms with E-state index in [9.17, 15) is 22.8 Å². The molecule has 0 aliphatic carbocycles. The molecule has 1 amide bonds. The molecular formula is C11H12F3N3O3. The normalized spacial score (nSPS) is 11.6. The Morgan fingerprint density at radius 1 is 1.55 bits per heavy atom. The van der Waals surface area contributed by atoms with Crippen molar-refractivity contribution < 1.29 is 22.7 Å². The molecule has 0 aliphatic heterocycles. The molecule has 0 fully saturated rings. The topological polar surface area (TPSA) is 84.1 Å². The van der Waals surface area contributed by atoms with E-state index < -0.39 is 17.8 Å². The maximum Gasteiger partial charge on any atom is 0.471 e. The Kier molecular flexibility index (Phi) is 5.30. The first-order chi connectivity index (χ1) is 9.34. The van der Waals surface area contributed by atoms with Crippen LogP contribution in [0.2, 0.25) is 0 Å². The number of aromatic nitrogens is 2. The molecule has 0 unspecified atom stereocenters. The number of alkyl halides is 3. The molecule has 0 bridgehead atoms. The van der Waals surface area contributed by atoms with Gasteiger partial charge in [0, 0.05) is 12.7 Å². The first-order valence-corrected chi connectivity index (χ1v) is 5.49. The van der Waals surface area contributed by atoms with Crippen LogP contribution in [0.4, 0.5) is 13.2 Å². The molecule has 0 saturated heterocycles. The van der Waals surface area contributed by atoms with Crippen LogP contribution >= 0.6 is 0 Å². The molecule has 0 spiro atoms. The van der Waals surface area contributed by atoms with Gasteiger partial charge in [-0.25, -0.2) is 9.78 Å². The van der Waals surface area contributed by atoms with E-state index in [4.69, 9.17) is 4.74 Å². The van der Waals surface area contributed by atoms with Gasteiger partial charge in [-0.1, -0.05) is 12.2 Å². The summed E-state index contributed by atoms with van der Waals surface area (Å²) in [6.07, 6.45) is -0.391. The minimum atomic E-state index is -4.88. The number of nitrogens with zero attached hydrogens (tertiary/aromatic N) is 1. The highest BCUT2D eigenvalue weighted by Gasteiger charge is 2.37. The number of hydrogen-bond donors (Lipinski definition) is 2. The third kappa shape index (κ3) is 4.75. The highest BCUT2D eigenvalue weighted by Crippen LogP contribution is 2.14. The molecule has 110 valence electrons. The molecule has 1 heterocycles. The number of rotatable bonds is 5. The van der Waals surface area contributed by atoms with Crippen molar-refractivity contribution in [2.75, 3.05) is 13.7 Å². The summed E-state index contributed by atoms with van der Waals surface area (Å²) in [5.41, 5.74) is -0.106. The Morgan fingerprint density at radius 3 is 2.85 bits per heavy atom. The van der Waals surface area contributed by atoms with E-state index in [2.05, 4.69) is 9.97 Å². The highest BCUT2D eigenvalue weighted by atomic mass is 19.4. The molecule has 6 nitrogen and oxygen atoms in total. The number of methoxy groups -OCH3 is 1. The fraction of sp³-hybridized carbons (Fsp3) is 0.364. The molecule has 0 aliphatic rings. The number of ether oxygens (including phenoxy) is 1. The number of carbonyl (C=O) groups excluding carboxylic acids is 1. The number of aromatic amines is 1.